The second kappa shape index (κ2) is 2.01. The highest BCUT2D eigenvalue weighted by Gasteiger charge is 1.95. The van der Waals surface area contributed by atoms with E-state index in [4.69, 9.17) is 0 Å². The van der Waals surface area contributed by atoms with Crippen LogP contribution in [0.5, 0.6) is 0 Å². The first kappa shape index (κ1) is 6.01. The number of rotatable bonds is 1. The van der Waals surface area contributed by atoms with Crippen molar-refractivity contribution in [3.05, 3.63) is 17.7 Å². The fourth-order valence-electron chi connectivity index (χ4n) is 0.743. The highest BCUT2D eigenvalue weighted by molar-refractivity contribution is 5.53. The summed E-state index contributed by atoms with van der Waals surface area (Å²) >= 11 is 0. The lowest BCUT2D eigenvalue weighted by atomic mass is 10.6. The summed E-state index contributed by atoms with van der Waals surface area (Å²) in [6.45, 7) is 3.65. The van der Waals surface area contributed by atoms with Crippen molar-refractivity contribution in [2.45, 2.75) is 13.8 Å². The number of carbonyl (C=O) groups is 1. The highest BCUT2D eigenvalue weighted by atomic mass is 16.1. The van der Waals surface area contributed by atoms with E-state index in [1.165, 1.54) is 4.57 Å². The van der Waals surface area contributed by atoms with Crippen molar-refractivity contribution in [3.8, 4) is 0 Å². The van der Waals surface area contributed by atoms with E-state index in [0.29, 0.717) is 0 Å². The third kappa shape index (κ3) is 0.988. The second-order valence-corrected chi connectivity index (χ2v) is 1.94. The number of carbonyl (C=O) groups excluding carboxylic acids is 1. The van der Waals surface area contributed by atoms with Crippen molar-refractivity contribution >= 4 is 6.41 Å². The molecule has 0 radical (unpaired) electrons. The zero-order chi connectivity index (χ0) is 6.85. The van der Waals surface area contributed by atoms with Crippen molar-refractivity contribution < 1.29 is 4.79 Å². The number of hydrogen-bond acceptors (Lipinski definition) is 2. The third-order valence-corrected chi connectivity index (χ3v) is 1.15. The molecule has 0 amide bonds. The molecule has 0 atom stereocenters. The maximum absolute atomic E-state index is 10.2. The predicted octanol–water partition coefficient (Wildman–Crippen LogP) is 0.538. The van der Waals surface area contributed by atoms with Gasteiger partial charge in [0.05, 0.1) is 5.69 Å². The Labute approximate surface area is 53.3 Å². The van der Waals surface area contributed by atoms with Crippen LogP contribution in [0.1, 0.15) is 11.5 Å². The third-order valence-electron chi connectivity index (χ3n) is 1.15. The summed E-state index contributed by atoms with van der Waals surface area (Å²) in [4.78, 5) is 14.2. The normalized spacial score (nSPS) is 9.56. The quantitative estimate of drug-likeness (QED) is 0.512. The number of hydrogen-bond donors (Lipinski definition) is 0. The number of aromatic nitrogens is 2. The van der Waals surface area contributed by atoms with Crippen LogP contribution in [0.2, 0.25) is 0 Å². The predicted molar refractivity (Wildman–Crippen MR) is 33.8 cm³/mol. The molecule has 0 fully saturated rings. The Balaban J connectivity index is 3.15. The van der Waals surface area contributed by atoms with Gasteiger partial charge in [0.2, 0.25) is 6.41 Å². The van der Waals surface area contributed by atoms with E-state index >= 15 is 0 Å². The molecule has 1 aromatic heterocycles. The van der Waals surface area contributed by atoms with Crippen LogP contribution in [0.15, 0.2) is 6.20 Å². The molecule has 1 rings (SSSR count). The lowest BCUT2D eigenvalue weighted by Gasteiger charge is -1.85. The van der Waals surface area contributed by atoms with E-state index in [2.05, 4.69) is 4.98 Å². The SMILES string of the molecule is Cc1cn(C=O)c(C)n1. The largest absolute Gasteiger partial charge is 0.278 e. The van der Waals surface area contributed by atoms with Gasteiger partial charge in [0, 0.05) is 6.20 Å². The molecular formula is C6H8N2O. The first-order valence-electron chi connectivity index (χ1n) is 2.71. The molecule has 0 aliphatic carbocycles. The van der Waals surface area contributed by atoms with Crippen LogP contribution in [0.4, 0.5) is 0 Å². The molecule has 0 N–H and O–H groups in total. The Kier molecular flexibility index (Phi) is 1.34. The summed E-state index contributed by atoms with van der Waals surface area (Å²) in [5, 5.41) is 0. The number of nitrogens with zero attached hydrogens (tertiary/aromatic N) is 2. The van der Waals surface area contributed by atoms with Crippen LogP contribution in [0.3, 0.4) is 0 Å². The molecule has 1 heterocycles. The maximum atomic E-state index is 10.2. The van der Waals surface area contributed by atoms with Gasteiger partial charge in [0.1, 0.15) is 5.82 Å². The molecule has 3 nitrogen and oxygen atoms in total. The summed E-state index contributed by atoms with van der Waals surface area (Å²) in [5.74, 6) is 0.738. The minimum absolute atomic E-state index is 0.738. The number of aryl methyl sites for hydroxylation is 2. The Morgan fingerprint density at radius 3 is 2.56 bits per heavy atom. The Hall–Kier alpha value is -1.12. The lowest BCUT2D eigenvalue weighted by molar-refractivity contribution is 0.546. The molecule has 9 heavy (non-hydrogen) atoms. The van der Waals surface area contributed by atoms with Gasteiger partial charge in [-0.3, -0.25) is 9.36 Å². The summed E-state index contributed by atoms with van der Waals surface area (Å²) in [5.41, 5.74) is 0.875. The minimum Gasteiger partial charge on any atom is -0.278 e. The highest BCUT2D eigenvalue weighted by Crippen LogP contribution is 1.95. The Morgan fingerprint density at radius 2 is 2.33 bits per heavy atom. The number of imidazole rings is 1. The van der Waals surface area contributed by atoms with Gasteiger partial charge in [-0.15, -0.1) is 0 Å². The van der Waals surface area contributed by atoms with Gasteiger partial charge in [-0.05, 0) is 13.8 Å². The van der Waals surface area contributed by atoms with Crippen molar-refractivity contribution in [2.75, 3.05) is 0 Å². The molecule has 0 saturated heterocycles. The summed E-state index contributed by atoms with van der Waals surface area (Å²) in [6, 6.07) is 0. The summed E-state index contributed by atoms with van der Waals surface area (Å²) in [6.07, 6.45) is 2.44. The van der Waals surface area contributed by atoms with E-state index in [0.717, 1.165) is 17.9 Å². The van der Waals surface area contributed by atoms with Crippen LogP contribution in [0, 0.1) is 13.8 Å². The molecule has 0 unspecified atom stereocenters. The Bertz CT molecular complexity index is 227. The van der Waals surface area contributed by atoms with Gasteiger partial charge in [0.25, 0.3) is 0 Å². The first-order chi connectivity index (χ1) is 4.24. The first-order valence-corrected chi connectivity index (χ1v) is 2.71. The van der Waals surface area contributed by atoms with Crippen molar-refractivity contribution in [1.82, 2.24) is 9.55 Å². The van der Waals surface area contributed by atoms with Crippen LogP contribution >= 0.6 is 0 Å². The average Bonchev–Trinajstić information content (AvgIpc) is 2.10. The van der Waals surface area contributed by atoms with Crippen molar-refractivity contribution in [1.29, 1.82) is 0 Å². The van der Waals surface area contributed by atoms with Crippen LogP contribution in [0.25, 0.3) is 0 Å². The smallest absolute Gasteiger partial charge is 0.219 e. The van der Waals surface area contributed by atoms with Gasteiger partial charge >= 0.3 is 0 Å². The van der Waals surface area contributed by atoms with E-state index in [-0.39, 0.29) is 0 Å². The monoisotopic (exact) mass is 124 g/mol. The molecule has 0 aliphatic rings. The standard InChI is InChI=1S/C6H8N2O/c1-5-3-8(4-9)6(2)7-5/h3-4H,1-2H3. The van der Waals surface area contributed by atoms with Crippen LogP contribution in [-0.2, 0) is 4.79 Å². The lowest BCUT2D eigenvalue weighted by Crippen LogP contribution is -1.94. The molecule has 0 bridgehead atoms. The summed E-state index contributed by atoms with van der Waals surface area (Å²) < 4.78 is 1.45. The molecule has 0 saturated carbocycles. The fourth-order valence-corrected chi connectivity index (χ4v) is 0.743. The van der Waals surface area contributed by atoms with E-state index in [9.17, 15) is 4.79 Å². The van der Waals surface area contributed by atoms with Gasteiger partial charge in [0.15, 0.2) is 0 Å². The molecule has 3 heteroatoms. The van der Waals surface area contributed by atoms with E-state index < -0.39 is 0 Å². The van der Waals surface area contributed by atoms with Gasteiger partial charge in [-0.1, -0.05) is 0 Å². The molecule has 0 aliphatic heterocycles. The van der Waals surface area contributed by atoms with Gasteiger partial charge < -0.3 is 0 Å². The molecule has 0 aromatic carbocycles. The summed E-state index contributed by atoms with van der Waals surface area (Å²) in [7, 11) is 0. The molecule has 48 valence electrons. The minimum atomic E-state index is 0.738. The topological polar surface area (TPSA) is 34.9 Å². The zero-order valence-corrected chi connectivity index (χ0v) is 5.46. The second-order valence-electron chi connectivity index (χ2n) is 1.94. The molecule has 0 spiro atoms. The average molecular weight is 124 g/mol. The zero-order valence-electron chi connectivity index (χ0n) is 5.46. The maximum Gasteiger partial charge on any atom is 0.219 e. The van der Waals surface area contributed by atoms with Crippen LogP contribution in [-0.4, -0.2) is 16.0 Å². The molecular weight excluding hydrogens is 116 g/mol. The van der Waals surface area contributed by atoms with E-state index in [1.807, 2.05) is 6.92 Å². The Morgan fingerprint density at radius 1 is 1.67 bits per heavy atom. The van der Waals surface area contributed by atoms with E-state index in [1.54, 1.807) is 13.1 Å². The fraction of sp³-hybridized carbons (Fsp3) is 0.333. The molecule has 1 aromatic rings. The van der Waals surface area contributed by atoms with Gasteiger partial charge in [-0.25, -0.2) is 4.98 Å². The van der Waals surface area contributed by atoms with Crippen molar-refractivity contribution in [3.63, 3.8) is 0 Å². The van der Waals surface area contributed by atoms with Crippen molar-refractivity contribution in [2.24, 2.45) is 0 Å². The van der Waals surface area contributed by atoms with Gasteiger partial charge in [-0.2, -0.15) is 0 Å². The van der Waals surface area contributed by atoms with Crippen LogP contribution < -0.4 is 0 Å².